The van der Waals surface area contributed by atoms with Crippen LogP contribution in [0.3, 0.4) is 0 Å². The average molecular weight is 292 g/mol. The molecule has 104 valence electrons. The first-order valence-electron chi connectivity index (χ1n) is 5.71. The Labute approximate surface area is 114 Å². The summed E-state index contributed by atoms with van der Waals surface area (Å²) < 4.78 is 24.9. The van der Waals surface area contributed by atoms with Gasteiger partial charge in [0.05, 0.1) is 15.9 Å². The highest BCUT2D eigenvalue weighted by Crippen LogP contribution is 2.23. The van der Waals surface area contributed by atoms with Crippen molar-refractivity contribution in [2.45, 2.75) is 4.90 Å². The fourth-order valence-electron chi connectivity index (χ4n) is 2.00. The number of imidazole rings is 1. The van der Waals surface area contributed by atoms with Gasteiger partial charge in [0.15, 0.2) is 21.5 Å². The predicted molar refractivity (Wildman–Crippen MR) is 73.6 cm³/mol. The number of hydrogen-bond acceptors (Lipinski definition) is 6. The Morgan fingerprint density at radius 3 is 2.65 bits per heavy atom. The third kappa shape index (κ3) is 1.92. The molecule has 0 amide bonds. The second-order valence-electron chi connectivity index (χ2n) is 4.46. The lowest BCUT2D eigenvalue weighted by atomic mass is 10.3. The first kappa shape index (κ1) is 12.6. The fraction of sp³-hybridized carbons (Fsp3) is 0.182. The lowest BCUT2D eigenvalue weighted by molar-refractivity contribution is 0.602. The standard InChI is InChI=1S/C11H12N6O2S/c1-17-8-4-3-6(20(2,18)19)5-7(8)13-10(17)9-14-11(12)16-15-9/h3-5H,1-2H3,(H3,12,14,15,16). The van der Waals surface area contributed by atoms with Crippen molar-refractivity contribution < 1.29 is 8.42 Å². The Kier molecular flexibility index (Phi) is 2.54. The first-order valence-corrected chi connectivity index (χ1v) is 7.60. The molecule has 0 bridgehead atoms. The van der Waals surface area contributed by atoms with Gasteiger partial charge in [-0.2, -0.15) is 4.98 Å². The van der Waals surface area contributed by atoms with E-state index in [1.165, 1.54) is 6.07 Å². The van der Waals surface area contributed by atoms with Crippen LogP contribution in [0.4, 0.5) is 5.95 Å². The summed E-state index contributed by atoms with van der Waals surface area (Å²) in [5, 5.41) is 6.43. The molecule has 0 aliphatic carbocycles. The number of aryl methyl sites for hydroxylation is 1. The van der Waals surface area contributed by atoms with Crippen molar-refractivity contribution in [1.29, 1.82) is 0 Å². The van der Waals surface area contributed by atoms with Gasteiger partial charge >= 0.3 is 0 Å². The Morgan fingerprint density at radius 1 is 1.30 bits per heavy atom. The minimum Gasteiger partial charge on any atom is -0.366 e. The zero-order chi connectivity index (χ0) is 14.5. The van der Waals surface area contributed by atoms with Crippen molar-refractivity contribution in [2.75, 3.05) is 12.0 Å². The minimum atomic E-state index is -3.26. The van der Waals surface area contributed by atoms with Crippen LogP contribution in [0.5, 0.6) is 0 Å². The summed E-state index contributed by atoms with van der Waals surface area (Å²) in [6, 6.07) is 4.80. The molecule has 0 saturated carbocycles. The third-order valence-electron chi connectivity index (χ3n) is 2.99. The van der Waals surface area contributed by atoms with Gasteiger partial charge in [0, 0.05) is 13.3 Å². The number of benzene rings is 1. The van der Waals surface area contributed by atoms with E-state index in [4.69, 9.17) is 5.73 Å². The Hall–Kier alpha value is -2.42. The van der Waals surface area contributed by atoms with E-state index in [1.54, 1.807) is 16.7 Å². The zero-order valence-corrected chi connectivity index (χ0v) is 11.6. The van der Waals surface area contributed by atoms with Crippen LogP contribution >= 0.6 is 0 Å². The maximum absolute atomic E-state index is 11.6. The van der Waals surface area contributed by atoms with Gasteiger partial charge in [0.25, 0.3) is 0 Å². The van der Waals surface area contributed by atoms with E-state index in [2.05, 4.69) is 20.2 Å². The number of hydrogen-bond donors (Lipinski definition) is 2. The predicted octanol–water partition coefficient (Wildman–Crippen LogP) is 0.344. The number of H-pyrrole nitrogens is 1. The van der Waals surface area contributed by atoms with Gasteiger partial charge in [-0.1, -0.05) is 0 Å². The molecule has 8 nitrogen and oxygen atoms in total. The van der Waals surface area contributed by atoms with Gasteiger partial charge in [-0.25, -0.2) is 13.4 Å². The minimum absolute atomic E-state index is 0.129. The molecule has 0 radical (unpaired) electrons. The SMILES string of the molecule is Cn1c(-c2nc(N)n[nH]2)nc2cc(S(C)(=O)=O)ccc21. The number of nitrogens with two attached hydrogens (primary N) is 1. The van der Waals surface area contributed by atoms with Crippen LogP contribution in [0.2, 0.25) is 0 Å². The molecule has 2 heterocycles. The summed E-state index contributed by atoms with van der Waals surface area (Å²) in [5.74, 6) is 1.10. The third-order valence-corrected chi connectivity index (χ3v) is 4.11. The van der Waals surface area contributed by atoms with E-state index < -0.39 is 9.84 Å². The number of aromatic nitrogens is 5. The van der Waals surface area contributed by atoms with Crippen molar-refractivity contribution in [3.8, 4) is 11.6 Å². The summed E-state index contributed by atoms with van der Waals surface area (Å²) in [6.07, 6.45) is 1.16. The van der Waals surface area contributed by atoms with Crippen molar-refractivity contribution >= 4 is 26.8 Å². The monoisotopic (exact) mass is 292 g/mol. The fourth-order valence-corrected chi connectivity index (χ4v) is 2.64. The molecule has 0 atom stereocenters. The molecule has 0 fully saturated rings. The van der Waals surface area contributed by atoms with Crippen LogP contribution in [0.25, 0.3) is 22.7 Å². The molecular formula is C11H12N6O2S. The lowest BCUT2D eigenvalue weighted by Crippen LogP contribution is -1.97. The molecular weight excluding hydrogens is 280 g/mol. The Morgan fingerprint density at radius 2 is 2.05 bits per heavy atom. The van der Waals surface area contributed by atoms with E-state index in [0.717, 1.165) is 11.8 Å². The van der Waals surface area contributed by atoms with Crippen LogP contribution in [0.15, 0.2) is 23.1 Å². The number of fused-ring (bicyclic) bond motifs is 1. The van der Waals surface area contributed by atoms with Crippen LogP contribution in [-0.2, 0) is 16.9 Å². The summed E-state index contributed by atoms with van der Waals surface area (Å²) in [7, 11) is -1.45. The lowest BCUT2D eigenvalue weighted by Gasteiger charge is -1.99. The Bertz CT molecular complexity index is 908. The highest BCUT2D eigenvalue weighted by atomic mass is 32.2. The van der Waals surface area contributed by atoms with Crippen molar-refractivity contribution in [2.24, 2.45) is 7.05 Å². The molecule has 3 rings (SSSR count). The second kappa shape index (κ2) is 4.04. The molecule has 2 aromatic heterocycles. The number of nitrogen functional groups attached to an aromatic ring is 1. The van der Waals surface area contributed by atoms with Gasteiger partial charge < -0.3 is 10.3 Å². The number of sulfone groups is 1. The van der Waals surface area contributed by atoms with Crippen molar-refractivity contribution in [3.05, 3.63) is 18.2 Å². The molecule has 0 aliphatic rings. The number of nitrogens with zero attached hydrogens (tertiary/aromatic N) is 4. The Balaban J connectivity index is 2.24. The van der Waals surface area contributed by atoms with E-state index in [1.807, 2.05) is 7.05 Å². The van der Waals surface area contributed by atoms with Gasteiger partial charge in [-0.3, -0.25) is 5.10 Å². The summed E-state index contributed by atoms with van der Waals surface area (Å²) >= 11 is 0. The maximum Gasteiger partial charge on any atom is 0.239 e. The zero-order valence-electron chi connectivity index (χ0n) is 10.8. The maximum atomic E-state index is 11.6. The number of rotatable bonds is 2. The largest absolute Gasteiger partial charge is 0.366 e. The molecule has 20 heavy (non-hydrogen) atoms. The van der Waals surface area contributed by atoms with Gasteiger partial charge in [0.2, 0.25) is 5.95 Å². The van der Waals surface area contributed by atoms with Crippen LogP contribution < -0.4 is 5.73 Å². The van der Waals surface area contributed by atoms with E-state index in [-0.39, 0.29) is 10.8 Å². The molecule has 0 unspecified atom stereocenters. The van der Waals surface area contributed by atoms with E-state index in [0.29, 0.717) is 17.2 Å². The topological polar surface area (TPSA) is 120 Å². The molecule has 1 aromatic carbocycles. The quantitative estimate of drug-likeness (QED) is 0.703. The molecule has 3 N–H and O–H groups in total. The average Bonchev–Trinajstić information content (AvgIpc) is 2.92. The summed E-state index contributed by atoms with van der Waals surface area (Å²) in [5.41, 5.74) is 6.84. The molecule has 0 saturated heterocycles. The highest BCUT2D eigenvalue weighted by Gasteiger charge is 2.15. The molecule has 0 aliphatic heterocycles. The second-order valence-corrected chi connectivity index (χ2v) is 6.48. The van der Waals surface area contributed by atoms with Crippen LogP contribution in [0, 0.1) is 0 Å². The summed E-state index contributed by atoms with van der Waals surface area (Å²) in [6.45, 7) is 0. The molecule has 9 heteroatoms. The molecule has 3 aromatic rings. The van der Waals surface area contributed by atoms with Crippen molar-refractivity contribution in [3.63, 3.8) is 0 Å². The first-order chi connectivity index (χ1) is 9.36. The summed E-state index contributed by atoms with van der Waals surface area (Å²) in [4.78, 5) is 8.63. The number of aromatic amines is 1. The van der Waals surface area contributed by atoms with E-state index in [9.17, 15) is 8.42 Å². The number of nitrogens with one attached hydrogen (secondary N) is 1. The van der Waals surface area contributed by atoms with Crippen LogP contribution in [-0.4, -0.2) is 39.4 Å². The smallest absolute Gasteiger partial charge is 0.239 e. The van der Waals surface area contributed by atoms with Crippen molar-refractivity contribution in [1.82, 2.24) is 24.7 Å². The van der Waals surface area contributed by atoms with Gasteiger partial charge in [-0.05, 0) is 18.2 Å². The van der Waals surface area contributed by atoms with E-state index >= 15 is 0 Å². The van der Waals surface area contributed by atoms with Crippen LogP contribution in [0.1, 0.15) is 0 Å². The normalized spacial score (nSPS) is 12.1. The highest BCUT2D eigenvalue weighted by molar-refractivity contribution is 7.90. The molecule has 0 spiro atoms. The number of anilines is 1. The van der Waals surface area contributed by atoms with Gasteiger partial charge in [-0.15, -0.1) is 5.10 Å². The van der Waals surface area contributed by atoms with Gasteiger partial charge in [0.1, 0.15) is 0 Å².